The van der Waals surface area contributed by atoms with Crippen LogP contribution in [0.25, 0.3) is 0 Å². The van der Waals surface area contributed by atoms with Gasteiger partial charge in [0.2, 0.25) is 0 Å². The van der Waals surface area contributed by atoms with E-state index in [1.807, 2.05) is 17.7 Å². The number of amides is 1. The minimum absolute atomic E-state index is 0.0334. The molecule has 2 heterocycles. The predicted molar refractivity (Wildman–Crippen MR) is 75.2 cm³/mol. The molecule has 0 unspecified atom stereocenters. The molecule has 1 aliphatic rings. The van der Waals surface area contributed by atoms with Gasteiger partial charge < -0.3 is 5.32 Å². The van der Waals surface area contributed by atoms with Crippen molar-refractivity contribution in [3.8, 4) is 0 Å². The fraction of sp³-hybridized carbons (Fsp3) is 0.545. The lowest BCUT2D eigenvalue weighted by atomic mass is 10.0. The Kier molecular flexibility index (Phi) is 3.75. The zero-order valence-corrected chi connectivity index (χ0v) is 12.7. The summed E-state index contributed by atoms with van der Waals surface area (Å²) in [5, 5.41) is 4.74. The summed E-state index contributed by atoms with van der Waals surface area (Å²) in [6.45, 7) is 1.79. The fourth-order valence-electron chi connectivity index (χ4n) is 2.06. The molecule has 1 aliphatic heterocycles. The molecule has 18 heavy (non-hydrogen) atoms. The molecule has 0 aliphatic carbocycles. The minimum atomic E-state index is -3.00. The zero-order valence-electron chi connectivity index (χ0n) is 10.2. The van der Waals surface area contributed by atoms with Crippen LogP contribution in [0.2, 0.25) is 0 Å². The maximum Gasteiger partial charge on any atom is 0.262 e. The van der Waals surface area contributed by atoms with Crippen LogP contribution in [-0.4, -0.2) is 37.6 Å². The van der Waals surface area contributed by atoms with Gasteiger partial charge >= 0.3 is 0 Å². The highest BCUT2D eigenvalue weighted by molar-refractivity contribution is 7.98. The molecule has 1 aromatic rings. The number of hydrogen-bond acceptors (Lipinski definition) is 5. The molecule has 4 nitrogen and oxygen atoms in total. The van der Waals surface area contributed by atoms with Gasteiger partial charge in [-0.1, -0.05) is 0 Å². The van der Waals surface area contributed by atoms with Gasteiger partial charge in [0, 0.05) is 4.90 Å². The lowest BCUT2D eigenvalue weighted by molar-refractivity contribution is 0.0917. The molecular weight excluding hydrogens is 290 g/mol. The normalized spacial score (nSPS) is 26.1. The van der Waals surface area contributed by atoms with Crippen molar-refractivity contribution in [1.82, 2.24) is 5.32 Å². The second-order valence-electron chi connectivity index (χ2n) is 4.67. The van der Waals surface area contributed by atoms with Crippen molar-refractivity contribution in [2.24, 2.45) is 0 Å². The van der Waals surface area contributed by atoms with Gasteiger partial charge in [-0.25, -0.2) is 8.42 Å². The molecule has 0 saturated carbocycles. The van der Waals surface area contributed by atoms with Crippen LogP contribution in [0.3, 0.4) is 0 Å². The zero-order chi connectivity index (χ0) is 13.4. The van der Waals surface area contributed by atoms with Gasteiger partial charge in [-0.3, -0.25) is 4.79 Å². The van der Waals surface area contributed by atoms with Crippen LogP contribution in [0.5, 0.6) is 0 Å². The molecular formula is C11H15NO3S3. The summed E-state index contributed by atoms with van der Waals surface area (Å²) in [5.74, 6) is 0.0175. The summed E-state index contributed by atoms with van der Waals surface area (Å²) in [6, 6.07) is 1.90. The number of carbonyl (C=O) groups excluding carboxylic acids is 1. The number of thioether (sulfide) groups is 1. The molecule has 0 bridgehead atoms. The molecule has 1 amide bonds. The van der Waals surface area contributed by atoms with Crippen molar-refractivity contribution in [1.29, 1.82) is 0 Å². The van der Waals surface area contributed by atoms with E-state index in [1.165, 1.54) is 23.1 Å². The Morgan fingerprint density at radius 1 is 1.56 bits per heavy atom. The van der Waals surface area contributed by atoms with E-state index in [-0.39, 0.29) is 17.4 Å². The standard InChI is InChI=1S/C11H15NO3S3/c1-11(4-6-18(14,15)7-11)12-10(13)9-8(16-2)3-5-17-9/h3,5H,4,6-7H2,1-2H3,(H,12,13)/t11-/m0/s1. The lowest BCUT2D eigenvalue weighted by Gasteiger charge is -2.23. The van der Waals surface area contributed by atoms with E-state index in [0.717, 1.165) is 4.90 Å². The Labute approximate surface area is 115 Å². The summed E-state index contributed by atoms with van der Waals surface area (Å²) in [5.41, 5.74) is -0.629. The Hall–Kier alpha value is -0.530. The Morgan fingerprint density at radius 2 is 2.28 bits per heavy atom. The van der Waals surface area contributed by atoms with Crippen molar-refractivity contribution in [2.75, 3.05) is 17.8 Å². The highest BCUT2D eigenvalue weighted by atomic mass is 32.2. The molecule has 1 saturated heterocycles. The Balaban J connectivity index is 2.13. The third-order valence-electron chi connectivity index (χ3n) is 2.97. The lowest BCUT2D eigenvalue weighted by Crippen LogP contribution is -2.46. The quantitative estimate of drug-likeness (QED) is 0.865. The summed E-state index contributed by atoms with van der Waals surface area (Å²) >= 11 is 2.90. The van der Waals surface area contributed by atoms with E-state index in [2.05, 4.69) is 5.32 Å². The SMILES string of the molecule is CSc1ccsc1C(=O)N[C@@]1(C)CCS(=O)(=O)C1. The van der Waals surface area contributed by atoms with Gasteiger partial charge in [-0.15, -0.1) is 23.1 Å². The molecule has 0 radical (unpaired) electrons. The largest absolute Gasteiger partial charge is 0.345 e. The smallest absolute Gasteiger partial charge is 0.262 e. The summed E-state index contributed by atoms with van der Waals surface area (Å²) in [7, 11) is -3.00. The Bertz CT molecular complexity index is 564. The van der Waals surface area contributed by atoms with Gasteiger partial charge in [0.05, 0.1) is 17.0 Å². The first-order chi connectivity index (χ1) is 8.35. The second-order valence-corrected chi connectivity index (χ2v) is 8.62. The number of sulfone groups is 1. The molecule has 1 aromatic heterocycles. The number of carbonyl (C=O) groups is 1. The molecule has 2 rings (SSSR count). The van der Waals surface area contributed by atoms with Gasteiger partial charge in [0.25, 0.3) is 5.91 Å². The first kappa shape index (κ1) is 13.9. The highest BCUT2D eigenvalue weighted by Crippen LogP contribution is 2.28. The van der Waals surface area contributed by atoms with E-state index in [0.29, 0.717) is 11.3 Å². The maximum atomic E-state index is 12.1. The number of hydrogen-bond donors (Lipinski definition) is 1. The van der Waals surface area contributed by atoms with Crippen LogP contribution in [0.1, 0.15) is 23.0 Å². The monoisotopic (exact) mass is 305 g/mol. The Morgan fingerprint density at radius 3 is 2.83 bits per heavy atom. The van der Waals surface area contributed by atoms with Gasteiger partial charge in [-0.05, 0) is 31.0 Å². The molecule has 1 N–H and O–H groups in total. The first-order valence-electron chi connectivity index (χ1n) is 5.50. The third kappa shape index (κ3) is 2.89. The fourth-order valence-corrected chi connectivity index (χ4v) is 5.80. The molecule has 7 heteroatoms. The van der Waals surface area contributed by atoms with Gasteiger partial charge in [0.1, 0.15) is 4.88 Å². The average molecular weight is 305 g/mol. The summed E-state index contributed by atoms with van der Waals surface area (Å²) < 4.78 is 23.0. The molecule has 0 spiro atoms. The number of nitrogens with one attached hydrogen (secondary N) is 1. The van der Waals surface area contributed by atoms with Gasteiger partial charge in [-0.2, -0.15) is 0 Å². The van der Waals surface area contributed by atoms with Crippen molar-refractivity contribution in [2.45, 2.75) is 23.8 Å². The molecule has 100 valence electrons. The van der Waals surface area contributed by atoms with E-state index in [9.17, 15) is 13.2 Å². The van der Waals surface area contributed by atoms with Gasteiger partial charge in [0.15, 0.2) is 9.84 Å². The third-order valence-corrected chi connectivity index (χ3v) is 6.70. The van der Waals surface area contributed by atoms with Crippen molar-refractivity contribution < 1.29 is 13.2 Å². The maximum absolute atomic E-state index is 12.1. The molecule has 1 atom stereocenters. The first-order valence-corrected chi connectivity index (χ1v) is 9.42. The molecule has 0 aromatic carbocycles. The topological polar surface area (TPSA) is 63.2 Å². The van der Waals surface area contributed by atoms with Crippen LogP contribution >= 0.6 is 23.1 Å². The minimum Gasteiger partial charge on any atom is -0.345 e. The highest BCUT2D eigenvalue weighted by Gasteiger charge is 2.39. The number of rotatable bonds is 3. The van der Waals surface area contributed by atoms with Crippen LogP contribution in [0.15, 0.2) is 16.3 Å². The number of thiophene rings is 1. The van der Waals surface area contributed by atoms with Crippen molar-refractivity contribution >= 4 is 38.8 Å². The van der Waals surface area contributed by atoms with E-state index >= 15 is 0 Å². The van der Waals surface area contributed by atoms with E-state index < -0.39 is 15.4 Å². The van der Waals surface area contributed by atoms with Crippen molar-refractivity contribution in [3.05, 3.63) is 16.3 Å². The average Bonchev–Trinajstić information content (AvgIpc) is 2.82. The van der Waals surface area contributed by atoms with Crippen LogP contribution in [-0.2, 0) is 9.84 Å². The van der Waals surface area contributed by atoms with E-state index in [1.54, 1.807) is 6.92 Å². The molecule has 1 fully saturated rings. The second kappa shape index (κ2) is 4.86. The van der Waals surface area contributed by atoms with Crippen LogP contribution < -0.4 is 5.32 Å². The van der Waals surface area contributed by atoms with Crippen molar-refractivity contribution in [3.63, 3.8) is 0 Å². The summed E-state index contributed by atoms with van der Waals surface area (Å²) in [4.78, 5) is 13.7. The van der Waals surface area contributed by atoms with Crippen LogP contribution in [0.4, 0.5) is 0 Å². The summed E-state index contributed by atoms with van der Waals surface area (Å²) in [6.07, 6.45) is 2.40. The van der Waals surface area contributed by atoms with E-state index in [4.69, 9.17) is 0 Å². The predicted octanol–water partition coefficient (Wildman–Crippen LogP) is 1.78. The van der Waals surface area contributed by atoms with Crippen LogP contribution in [0, 0.1) is 0 Å².